The zero-order chi connectivity index (χ0) is 13.3. The third kappa shape index (κ3) is 2.41. The summed E-state index contributed by atoms with van der Waals surface area (Å²) in [7, 11) is 0. The SMILES string of the molecule is CCc1cc(C(=O)NCC2(C(=O)O)CC2)sc1C. The molecule has 18 heavy (non-hydrogen) atoms. The minimum atomic E-state index is -0.806. The van der Waals surface area contributed by atoms with Gasteiger partial charge in [-0.25, -0.2) is 0 Å². The number of carbonyl (C=O) groups is 2. The Balaban J connectivity index is 1.98. The first kappa shape index (κ1) is 13.1. The van der Waals surface area contributed by atoms with Gasteiger partial charge in [-0.3, -0.25) is 9.59 Å². The Morgan fingerprint density at radius 3 is 2.61 bits per heavy atom. The highest BCUT2D eigenvalue weighted by atomic mass is 32.1. The van der Waals surface area contributed by atoms with Crippen LogP contribution in [0.15, 0.2) is 6.07 Å². The lowest BCUT2D eigenvalue weighted by Crippen LogP contribution is -2.33. The smallest absolute Gasteiger partial charge is 0.311 e. The van der Waals surface area contributed by atoms with Crippen LogP contribution in [0, 0.1) is 12.3 Å². The highest BCUT2D eigenvalue weighted by Crippen LogP contribution is 2.45. The summed E-state index contributed by atoms with van der Waals surface area (Å²) in [6.45, 7) is 4.29. The fourth-order valence-electron chi connectivity index (χ4n) is 1.94. The Labute approximate surface area is 110 Å². The molecule has 2 N–H and O–H groups in total. The lowest BCUT2D eigenvalue weighted by atomic mass is 10.1. The average molecular weight is 267 g/mol. The Morgan fingerprint density at radius 2 is 2.17 bits per heavy atom. The quantitative estimate of drug-likeness (QED) is 0.859. The summed E-state index contributed by atoms with van der Waals surface area (Å²) in [5, 5.41) is 11.8. The van der Waals surface area contributed by atoms with Gasteiger partial charge in [-0.05, 0) is 37.8 Å². The maximum Gasteiger partial charge on any atom is 0.311 e. The standard InChI is InChI=1S/C13H17NO3S/c1-3-9-6-10(18-8(9)2)11(15)14-7-13(4-5-13)12(16)17/h6H,3-5,7H2,1-2H3,(H,14,15)(H,16,17). The molecular formula is C13H17NO3S. The molecule has 1 aliphatic rings. The Hall–Kier alpha value is -1.36. The number of amides is 1. The molecule has 1 aromatic heterocycles. The van der Waals surface area contributed by atoms with Crippen LogP contribution >= 0.6 is 11.3 Å². The monoisotopic (exact) mass is 267 g/mol. The van der Waals surface area contributed by atoms with Gasteiger partial charge in [0.05, 0.1) is 10.3 Å². The van der Waals surface area contributed by atoms with Crippen LogP contribution in [0.5, 0.6) is 0 Å². The summed E-state index contributed by atoms with van der Waals surface area (Å²) in [5.41, 5.74) is 0.486. The first-order valence-corrected chi connectivity index (χ1v) is 6.91. The van der Waals surface area contributed by atoms with Crippen molar-refractivity contribution in [2.24, 2.45) is 5.41 Å². The van der Waals surface area contributed by atoms with Crippen LogP contribution < -0.4 is 5.32 Å². The van der Waals surface area contributed by atoms with Crippen LogP contribution in [0.4, 0.5) is 0 Å². The van der Waals surface area contributed by atoms with Crippen molar-refractivity contribution in [2.75, 3.05) is 6.54 Å². The molecule has 1 aromatic rings. The predicted octanol–water partition coefficient (Wildman–Crippen LogP) is 2.21. The maximum atomic E-state index is 11.9. The van der Waals surface area contributed by atoms with Gasteiger partial charge in [0, 0.05) is 11.4 Å². The Kier molecular flexibility index (Phi) is 3.43. The van der Waals surface area contributed by atoms with E-state index in [0.717, 1.165) is 11.3 Å². The number of aliphatic carboxylic acids is 1. The van der Waals surface area contributed by atoms with Gasteiger partial charge in [0.25, 0.3) is 5.91 Å². The van der Waals surface area contributed by atoms with Crippen LogP contribution in [0.25, 0.3) is 0 Å². The van der Waals surface area contributed by atoms with E-state index in [-0.39, 0.29) is 12.5 Å². The third-order valence-electron chi connectivity index (χ3n) is 3.52. The maximum absolute atomic E-state index is 11.9. The third-order valence-corrected chi connectivity index (χ3v) is 4.61. The second kappa shape index (κ2) is 4.72. The molecular weight excluding hydrogens is 250 g/mol. The molecule has 0 radical (unpaired) electrons. The molecule has 0 unspecified atom stereocenters. The van der Waals surface area contributed by atoms with E-state index in [4.69, 9.17) is 5.11 Å². The molecule has 2 rings (SSSR count). The summed E-state index contributed by atoms with van der Waals surface area (Å²) in [6, 6.07) is 1.90. The van der Waals surface area contributed by atoms with Crippen molar-refractivity contribution in [3.05, 3.63) is 21.4 Å². The minimum Gasteiger partial charge on any atom is -0.481 e. The molecule has 1 saturated carbocycles. The molecule has 1 heterocycles. The minimum absolute atomic E-state index is 0.157. The van der Waals surface area contributed by atoms with Crippen LogP contribution in [-0.2, 0) is 11.2 Å². The van der Waals surface area contributed by atoms with E-state index in [0.29, 0.717) is 17.7 Å². The number of nitrogens with one attached hydrogen (secondary N) is 1. The number of hydrogen-bond donors (Lipinski definition) is 2. The normalized spacial score (nSPS) is 16.3. The van der Waals surface area contributed by atoms with E-state index in [1.54, 1.807) is 0 Å². The summed E-state index contributed by atoms with van der Waals surface area (Å²) in [4.78, 5) is 24.7. The van der Waals surface area contributed by atoms with Gasteiger partial charge in [0.1, 0.15) is 0 Å². The number of thiophene rings is 1. The molecule has 0 aromatic carbocycles. The van der Waals surface area contributed by atoms with E-state index in [1.807, 2.05) is 13.0 Å². The topological polar surface area (TPSA) is 66.4 Å². The van der Waals surface area contributed by atoms with Gasteiger partial charge in [-0.2, -0.15) is 0 Å². The van der Waals surface area contributed by atoms with Crippen LogP contribution in [0.1, 0.15) is 39.9 Å². The molecule has 0 bridgehead atoms. The second-order valence-corrected chi connectivity index (χ2v) is 6.07. The van der Waals surface area contributed by atoms with Crippen molar-refractivity contribution in [3.63, 3.8) is 0 Å². The zero-order valence-corrected chi connectivity index (χ0v) is 11.4. The fraction of sp³-hybridized carbons (Fsp3) is 0.538. The molecule has 98 valence electrons. The van der Waals surface area contributed by atoms with Gasteiger partial charge in [0.15, 0.2) is 0 Å². The number of hydrogen-bond acceptors (Lipinski definition) is 3. The highest BCUT2D eigenvalue weighted by molar-refractivity contribution is 7.14. The molecule has 0 saturated heterocycles. The van der Waals surface area contributed by atoms with Gasteiger partial charge in [-0.15, -0.1) is 11.3 Å². The van der Waals surface area contributed by atoms with Gasteiger partial charge in [-0.1, -0.05) is 6.92 Å². The largest absolute Gasteiger partial charge is 0.481 e. The molecule has 1 amide bonds. The molecule has 5 heteroatoms. The number of aryl methyl sites for hydroxylation is 2. The second-order valence-electron chi connectivity index (χ2n) is 4.81. The molecule has 4 nitrogen and oxygen atoms in total. The molecule has 0 aliphatic heterocycles. The van der Waals surface area contributed by atoms with Crippen molar-refractivity contribution >= 4 is 23.2 Å². The van der Waals surface area contributed by atoms with E-state index in [9.17, 15) is 9.59 Å². The lowest BCUT2D eigenvalue weighted by molar-refractivity contribution is -0.143. The summed E-state index contributed by atoms with van der Waals surface area (Å²) in [5.74, 6) is -0.963. The first-order valence-electron chi connectivity index (χ1n) is 6.09. The average Bonchev–Trinajstić information content (AvgIpc) is 3.04. The van der Waals surface area contributed by atoms with Gasteiger partial charge in [0.2, 0.25) is 0 Å². The van der Waals surface area contributed by atoms with E-state index < -0.39 is 11.4 Å². The molecule has 0 spiro atoms. The lowest BCUT2D eigenvalue weighted by Gasteiger charge is -2.10. The van der Waals surface area contributed by atoms with Gasteiger partial charge >= 0.3 is 5.97 Å². The fourth-order valence-corrected chi connectivity index (χ4v) is 2.97. The number of carboxylic acid groups (broad SMARTS) is 1. The van der Waals surface area contributed by atoms with Gasteiger partial charge < -0.3 is 10.4 Å². The van der Waals surface area contributed by atoms with Crippen LogP contribution in [0.3, 0.4) is 0 Å². The Bertz CT molecular complexity index is 488. The summed E-state index contributed by atoms with van der Waals surface area (Å²) >= 11 is 1.47. The number of carboxylic acids is 1. The number of rotatable bonds is 5. The van der Waals surface area contributed by atoms with Crippen molar-refractivity contribution in [2.45, 2.75) is 33.1 Å². The molecule has 1 fully saturated rings. The first-order chi connectivity index (χ1) is 8.48. The van der Waals surface area contributed by atoms with E-state index in [1.165, 1.54) is 16.9 Å². The van der Waals surface area contributed by atoms with E-state index in [2.05, 4.69) is 12.2 Å². The van der Waals surface area contributed by atoms with E-state index >= 15 is 0 Å². The molecule has 0 atom stereocenters. The zero-order valence-electron chi connectivity index (χ0n) is 10.6. The predicted molar refractivity (Wildman–Crippen MR) is 70.1 cm³/mol. The summed E-state index contributed by atoms with van der Waals surface area (Å²) in [6.07, 6.45) is 2.23. The van der Waals surface area contributed by atoms with Crippen molar-refractivity contribution < 1.29 is 14.7 Å². The van der Waals surface area contributed by atoms with Crippen molar-refractivity contribution in [1.82, 2.24) is 5.32 Å². The number of carbonyl (C=O) groups excluding carboxylic acids is 1. The van der Waals surface area contributed by atoms with Crippen LogP contribution in [-0.4, -0.2) is 23.5 Å². The summed E-state index contributed by atoms with van der Waals surface area (Å²) < 4.78 is 0. The highest BCUT2D eigenvalue weighted by Gasteiger charge is 2.50. The van der Waals surface area contributed by atoms with Crippen molar-refractivity contribution in [3.8, 4) is 0 Å². The van der Waals surface area contributed by atoms with Crippen molar-refractivity contribution in [1.29, 1.82) is 0 Å². The molecule has 1 aliphatic carbocycles. The Morgan fingerprint density at radius 1 is 1.50 bits per heavy atom. The van der Waals surface area contributed by atoms with Crippen LogP contribution in [0.2, 0.25) is 0 Å².